The largest absolute Gasteiger partial charge is 0.390 e. The quantitative estimate of drug-likeness (QED) is 0.717. The van der Waals surface area contributed by atoms with Crippen LogP contribution >= 0.6 is 0 Å². The number of hydrogen-bond acceptors (Lipinski definition) is 3. The maximum Gasteiger partial charge on any atom is 0.224 e. The Morgan fingerprint density at radius 2 is 1.89 bits per heavy atom. The molecule has 1 heterocycles. The van der Waals surface area contributed by atoms with Crippen LogP contribution < -0.4 is 5.73 Å². The van der Waals surface area contributed by atoms with Gasteiger partial charge in [-0.3, -0.25) is 4.79 Å². The molecule has 3 atom stereocenters. The van der Waals surface area contributed by atoms with Crippen molar-refractivity contribution in [2.45, 2.75) is 62.1 Å². The third-order valence-electron chi connectivity index (χ3n) is 5.73. The number of amides is 1. The summed E-state index contributed by atoms with van der Waals surface area (Å²) < 4.78 is 0. The highest BCUT2D eigenvalue weighted by molar-refractivity contribution is 5.80. The highest BCUT2D eigenvalue weighted by Gasteiger charge is 2.60. The van der Waals surface area contributed by atoms with Crippen LogP contribution in [0.2, 0.25) is 0 Å². The molecular weight excluding hydrogens is 228 g/mol. The molecule has 4 bridgehead atoms. The van der Waals surface area contributed by atoms with Gasteiger partial charge in [-0.1, -0.05) is 0 Å². The van der Waals surface area contributed by atoms with Gasteiger partial charge in [-0.15, -0.1) is 0 Å². The summed E-state index contributed by atoms with van der Waals surface area (Å²) in [5.74, 6) is 1.47. The van der Waals surface area contributed by atoms with E-state index in [4.69, 9.17) is 5.73 Å². The molecule has 0 radical (unpaired) electrons. The Bertz CT molecular complexity index is 395. The monoisotopic (exact) mass is 250 g/mol. The average Bonchev–Trinajstić information content (AvgIpc) is 2.54. The molecule has 1 aliphatic heterocycles. The molecule has 1 saturated heterocycles. The van der Waals surface area contributed by atoms with Crippen molar-refractivity contribution in [2.75, 3.05) is 6.54 Å². The first-order valence-electron chi connectivity index (χ1n) is 7.27. The summed E-state index contributed by atoms with van der Waals surface area (Å²) in [7, 11) is 0. The second-order valence-corrected chi connectivity index (χ2v) is 7.38. The first-order chi connectivity index (χ1) is 8.48. The van der Waals surface area contributed by atoms with Crippen molar-refractivity contribution in [3.05, 3.63) is 0 Å². The van der Waals surface area contributed by atoms with Gasteiger partial charge < -0.3 is 15.7 Å². The summed E-state index contributed by atoms with van der Waals surface area (Å²) in [6, 6.07) is 0.000137. The Balaban J connectivity index is 1.69. The molecule has 3 unspecified atom stereocenters. The number of carbonyl (C=O) groups is 1. The third-order valence-corrected chi connectivity index (χ3v) is 5.73. The van der Waals surface area contributed by atoms with Crippen molar-refractivity contribution in [2.24, 2.45) is 17.6 Å². The minimum absolute atomic E-state index is 0.000137. The van der Waals surface area contributed by atoms with E-state index in [1.54, 1.807) is 0 Å². The zero-order chi connectivity index (χ0) is 12.5. The molecule has 0 aromatic heterocycles. The van der Waals surface area contributed by atoms with E-state index in [1.807, 2.05) is 4.90 Å². The van der Waals surface area contributed by atoms with Gasteiger partial charge in [0.1, 0.15) is 0 Å². The molecule has 1 amide bonds. The van der Waals surface area contributed by atoms with E-state index in [0.29, 0.717) is 24.8 Å². The molecule has 4 saturated carbocycles. The lowest BCUT2D eigenvalue weighted by molar-refractivity contribution is -0.179. The predicted octanol–water partition coefficient (Wildman–Crippen LogP) is 0.630. The molecular formula is C14H22N2O2. The topological polar surface area (TPSA) is 66.6 Å². The van der Waals surface area contributed by atoms with E-state index >= 15 is 0 Å². The average molecular weight is 250 g/mol. The first kappa shape index (κ1) is 11.2. The SMILES string of the molecule is NC1CC(=O)N(C23CC4CC(CC(O)(C4)C2)C3)C1. The molecule has 5 aliphatic rings. The highest BCUT2D eigenvalue weighted by atomic mass is 16.3. The van der Waals surface area contributed by atoms with Crippen LogP contribution in [0.3, 0.4) is 0 Å². The smallest absolute Gasteiger partial charge is 0.224 e. The minimum Gasteiger partial charge on any atom is -0.390 e. The number of carbonyl (C=O) groups excluding carboxylic acids is 1. The molecule has 0 aromatic rings. The van der Waals surface area contributed by atoms with E-state index < -0.39 is 5.60 Å². The molecule has 18 heavy (non-hydrogen) atoms. The third kappa shape index (κ3) is 1.42. The normalized spacial score (nSPS) is 54.4. The lowest BCUT2D eigenvalue weighted by Gasteiger charge is -2.62. The number of hydrogen-bond donors (Lipinski definition) is 2. The summed E-state index contributed by atoms with van der Waals surface area (Å²) in [6.45, 7) is 0.703. The zero-order valence-corrected chi connectivity index (χ0v) is 10.8. The Kier molecular flexibility index (Phi) is 2.05. The van der Waals surface area contributed by atoms with Crippen LogP contribution in [-0.2, 0) is 4.79 Å². The minimum atomic E-state index is -0.489. The van der Waals surface area contributed by atoms with Gasteiger partial charge in [0.25, 0.3) is 0 Å². The summed E-state index contributed by atoms with van der Waals surface area (Å²) in [5, 5.41) is 10.7. The van der Waals surface area contributed by atoms with Crippen LogP contribution in [0.1, 0.15) is 44.9 Å². The summed E-state index contributed by atoms with van der Waals surface area (Å²) >= 11 is 0. The molecule has 100 valence electrons. The van der Waals surface area contributed by atoms with Crippen molar-refractivity contribution in [3.63, 3.8) is 0 Å². The summed E-state index contributed by atoms with van der Waals surface area (Å²) in [5.41, 5.74) is 5.40. The molecule has 5 fully saturated rings. The number of likely N-dealkylation sites (tertiary alicyclic amines) is 1. The van der Waals surface area contributed by atoms with Crippen molar-refractivity contribution >= 4 is 5.91 Å². The predicted molar refractivity (Wildman–Crippen MR) is 66.7 cm³/mol. The number of nitrogens with zero attached hydrogens (tertiary/aromatic N) is 1. The first-order valence-corrected chi connectivity index (χ1v) is 7.27. The van der Waals surface area contributed by atoms with Gasteiger partial charge in [0, 0.05) is 24.5 Å². The van der Waals surface area contributed by atoms with E-state index in [1.165, 1.54) is 6.42 Å². The second kappa shape index (κ2) is 3.28. The van der Waals surface area contributed by atoms with Crippen molar-refractivity contribution in [1.82, 2.24) is 4.90 Å². The molecule has 0 spiro atoms. The Hall–Kier alpha value is -0.610. The van der Waals surface area contributed by atoms with E-state index in [-0.39, 0.29) is 17.5 Å². The summed E-state index contributed by atoms with van der Waals surface area (Å²) in [6.07, 6.45) is 6.67. The van der Waals surface area contributed by atoms with Crippen LogP contribution in [0, 0.1) is 11.8 Å². The summed E-state index contributed by atoms with van der Waals surface area (Å²) in [4.78, 5) is 14.2. The van der Waals surface area contributed by atoms with Crippen molar-refractivity contribution in [1.29, 1.82) is 0 Å². The van der Waals surface area contributed by atoms with Gasteiger partial charge >= 0.3 is 0 Å². The maximum atomic E-state index is 12.2. The van der Waals surface area contributed by atoms with Crippen LogP contribution in [0.25, 0.3) is 0 Å². The van der Waals surface area contributed by atoms with Crippen LogP contribution in [0.5, 0.6) is 0 Å². The van der Waals surface area contributed by atoms with Crippen molar-refractivity contribution in [3.8, 4) is 0 Å². The lowest BCUT2D eigenvalue weighted by Crippen LogP contribution is -2.65. The van der Waals surface area contributed by atoms with Gasteiger partial charge in [-0.25, -0.2) is 0 Å². The van der Waals surface area contributed by atoms with Crippen LogP contribution in [0.15, 0.2) is 0 Å². The van der Waals surface area contributed by atoms with Gasteiger partial charge in [-0.05, 0) is 50.4 Å². The number of rotatable bonds is 1. The molecule has 4 aliphatic carbocycles. The van der Waals surface area contributed by atoms with Gasteiger partial charge in [0.15, 0.2) is 0 Å². The van der Waals surface area contributed by atoms with Crippen LogP contribution in [0.4, 0.5) is 0 Å². The zero-order valence-electron chi connectivity index (χ0n) is 10.8. The molecule has 5 rings (SSSR count). The van der Waals surface area contributed by atoms with Gasteiger partial charge in [0.05, 0.1) is 5.60 Å². The molecule has 4 nitrogen and oxygen atoms in total. The van der Waals surface area contributed by atoms with E-state index in [9.17, 15) is 9.90 Å². The Labute approximate surface area is 108 Å². The second-order valence-electron chi connectivity index (χ2n) is 7.38. The lowest BCUT2D eigenvalue weighted by atomic mass is 9.50. The van der Waals surface area contributed by atoms with E-state index in [0.717, 1.165) is 32.1 Å². The van der Waals surface area contributed by atoms with Crippen LogP contribution in [-0.4, -0.2) is 39.6 Å². The van der Waals surface area contributed by atoms with Crippen molar-refractivity contribution < 1.29 is 9.90 Å². The van der Waals surface area contributed by atoms with Gasteiger partial charge in [-0.2, -0.15) is 0 Å². The molecule has 3 N–H and O–H groups in total. The number of aliphatic hydroxyl groups is 1. The molecule has 4 heteroatoms. The fourth-order valence-corrected chi connectivity index (χ4v) is 5.68. The Morgan fingerprint density at radius 1 is 1.22 bits per heavy atom. The maximum absolute atomic E-state index is 12.2. The fourth-order valence-electron chi connectivity index (χ4n) is 5.68. The standard InChI is InChI=1S/C14H22N2O2/c15-11-2-12(17)16(7-11)13-3-9-1-10(4-13)6-14(18,5-9)8-13/h9-11,18H,1-8,15H2. The fraction of sp³-hybridized carbons (Fsp3) is 0.929. The van der Waals surface area contributed by atoms with E-state index in [2.05, 4.69) is 0 Å². The highest BCUT2D eigenvalue weighted by Crippen LogP contribution is 2.59. The van der Waals surface area contributed by atoms with Gasteiger partial charge in [0.2, 0.25) is 5.91 Å². The molecule has 0 aromatic carbocycles. The number of nitrogens with two attached hydrogens (primary N) is 1. The Morgan fingerprint density at radius 3 is 2.39 bits per heavy atom.